The van der Waals surface area contributed by atoms with E-state index in [9.17, 15) is 4.79 Å². The third kappa shape index (κ3) is 4.86. The van der Waals surface area contributed by atoms with Gasteiger partial charge < -0.3 is 14.6 Å². The predicted molar refractivity (Wildman–Crippen MR) is 138 cm³/mol. The maximum absolute atomic E-state index is 14.0. The molecule has 3 heterocycles. The number of piperidine rings is 1. The molecule has 4 aromatic rings. The van der Waals surface area contributed by atoms with Gasteiger partial charge in [-0.3, -0.25) is 4.79 Å². The molecule has 35 heavy (non-hydrogen) atoms. The Morgan fingerprint density at radius 1 is 1.17 bits per heavy atom. The van der Waals surface area contributed by atoms with Crippen LogP contribution in [-0.4, -0.2) is 44.9 Å². The predicted octanol–water partition coefficient (Wildman–Crippen LogP) is 5.91. The molecule has 0 aliphatic carbocycles. The second-order valence-corrected chi connectivity index (χ2v) is 9.70. The van der Waals surface area contributed by atoms with E-state index in [4.69, 9.17) is 16.0 Å². The fraction of sp³-hybridized carbons (Fsp3) is 0.333. The lowest BCUT2D eigenvalue weighted by molar-refractivity contribution is 0.0540. The summed E-state index contributed by atoms with van der Waals surface area (Å²) < 4.78 is 5.83. The van der Waals surface area contributed by atoms with Crippen LogP contribution in [0.5, 0.6) is 0 Å². The standard InChI is InChI=1S/C27H28ClN5O2/c1-16-6-8-20(25-29-11-10-18(3)31-25)21(13-16)26(34)33-12-4-5-17(2)23(33)15-30-27-32-22-14-19(28)7-9-24(22)35-27/h6-11,13-14,17,23H,4-5,12,15H2,1-3H3,(H,30,32). The Bertz CT molecular complexity index is 1390. The Morgan fingerprint density at radius 3 is 2.86 bits per heavy atom. The van der Waals surface area contributed by atoms with Gasteiger partial charge in [-0.1, -0.05) is 36.2 Å². The number of hydrogen-bond donors (Lipinski definition) is 1. The third-order valence-electron chi connectivity index (χ3n) is 6.63. The van der Waals surface area contributed by atoms with Gasteiger partial charge in [-0.15, -0.1) is 0 Å². The molecule has 1 N–H and O–H groups in total. The molecule has 2 aromatic heterocycles. The maximum atomic E-state index is 14.0. The number of anilines is 1. The zero-order valence-electron chi connectivity index (χ0n) is 20.1. The van der Waals surface area contributed by atoms with E-state index in [0.29, 0.717) is 52.5 Å². The monoisotopic (exact) mass is 489 g/mol. The van der Waals surface area contributed by atoms with Crippen molar-refractivity contribution in [2.45, 2.75) is 39.7 Å². The number of hydrogen-bond acceptors (Lipinski definition) is 6. The maximum Gasteiger partial charge on any atom is 0.295 e. The Morgan fingerprint density at radius 2 is 2.03 bits per heavy atom. The second kappa shape index (κ2) is 9.66. The van der Waals surface area contributed by atoms with Gasteiger partial charge in [-0.25, -0.2) is 9.97 Å². The molecule has 5 rings (SSSR count). The number of nitrogens with zero attached hydrogens (tertiary/aromatic N) is 4. The Hall–Kier alpha value is -3.45. The van der Waals surface area contributed by atoms with Crippen LogP contribution in [0.15, 0.2) is 53.1 Å². The molecule has 0 spiro atoms. The molecule has 1 aliphatic heterocycles. The number of aromatic nitrogens is 3. The number of benzene rings is 2. The summed E-state index contributed by atoms with van der Waals surface area (Å²) in [6, 6.07) is 13.5. The van der Waals surface area contributed by atoms with Gasteiger partial charge in [0.15, 0.2) is 11.4 Å². The van der Waals surface area contributed by atoms with Gasteiger partial charge in [0.05, 0.1) is 11.6 Å². The van der Waals surface area contributed by atoms with Crippen molar-refractivity contribution in [1.82, 2.24) is 19.9 Å². The number of aryl methyl sites for hydroxylation is 2. The molecule has 0 saturated carbocycles. The molecular weight excluding hydrogens is 462 g/mol. The van der Waals surface area contributed by atoms with Gasteiger partial charge in [-0.2, -0.15) is 4.98 Å². The van der Waals surface area contributed by atoms with Gasteiger partial charge >= 0.3 is 0 Å². The first kappa shape index (κ1) is 23.3. The summed E-state index contributed by atoms with van der Waals surface area (Å²) in [5, 5.41) is 3.93. The quantitative estimate of drug-likeness (QED) is 0.375. The molecule has 2 atom stereocenters. The highest BCUT2D eigenvalue weighted by molar-refractivity contribution is 6.31. The molecule has 0 radical (unpaired) electrons. The summed E-state index contributed by atoms with van der Waals surface area (Å²) in [4.78, 5) is 29.5. The van der Waals surface area contributed by atoms with Gasteiger partial charge in [0.2, 0.25) is 0 Å². The summed E-state index contributed by atoms with van der Waals surface area (Å²) >= 11 is 6.08. The summed E-state index contributed by atoms with van der Waals surface area (Å²) in [5.41, 5.74) is 4.64. The molecule has 2 unspecified atom stereocenters. The lowest BCUT2D eigenvalue weighted by Gasteiger charge is -2.40. The average Bonchev–Trinajstić information content (AvgIpc) is 3.24. The number of carbonyl (C=O) groups excluding carboxylic acids is 1. The molecule has 2 aromatic carbocycles. The highest BCUT2D eigenvalue weighted by Gasteiger charge is 2.33. The minimum atomic E-state index is -0.0124. The highest BCUT2D eigenvalue weighted by atomic mass is 35.5. The van der Waals surface area contributed by atoms with Crippen molar-refractivity contribution < 1.29 is 9.21 Å². The van der Waals surface area contributed by atoms with E-state index in [1.807, 2.05) is 49.1 Å². The lowest BCUT2D eigenvalue weighted by atomic mass is 9.89. The zero-order chi connectivity index (χ0) is 24.5. The van der Waals surface area contributed by atoms with Crippen LogP contribution in [0.1, 0.15) is 41.4 Å². The molecule has 0 bridgehead atoms. The Labute approximate surface area is 209 Å². The molecule has 180 valence electrons. The van der Waals surface area contributed by atoms with E-state index < -0.39 is 0 Å². The summed E-state index contributed by atoms with van der Waals surface area (Å²) in [5.74, 6) is 0.886. The fourth-order valence-corrected chi connectivity index (χ4v) is 4.91. The van der Waals surface area contributed by atoms with Crippen LogP contribution >= 0.6 is 11.6 Å². The molecule has 1 amide bonds. The molecule has 8 heteroatoms. The number of carbonyl (C=O) groups is 1. The number of likely N-dealkylation sites (tertiary alicyclic amines) is 1. The van der Waals surface area contributed by atoms with E-state index in [1.165, 1.54) is 0 Å². The van der Waals surface area contributed by atoms with Crippen molar-refractivity contribution in [1.29, 1.82) is 0 Å². The van der Waals surface area contributed by atoms with E-state index in [2.05, 4.69) is 27.2 Å². The minimum Gasteiger partial charge on any atom is -0.424 e. The SMILES string of the molecule is Cc1ccc(-c2nccc(C)n2)c(C(=O)N2CCCC(C)C2CNc2nc3cc(Cl)ccc3o2)c1. The van der Waals surface area contributed by atoms with Crippen LogP contribution in [0.25, 0.3) is 22.5 Å². The second-order valence-electron chi connectivity index (χ2n) is 9.27. The van der Waals surface area contributed by atoms with Crippen LogP contribution in [0.2, 0.25) is 5.02 Å². The van der Waals surface area contributed by atoms with Gasteiger partial charge in [0.1, 0.15) is 5.52 Å². The number of fused-ring (bicyclic) bond motifs is 1. The Balaban J connectivity index is 1.42. The van der Waals surface area contributed by atoms with E-state index in [1.54, 1.807) is 18.3 Å². The molecule has 7 nitrogen and oxygen atoms in total. The zero-order valence-corrected chi connectivity index (χ0v) is 20.8. The smallest absolute Gasteiger partial charge is 0.295 e. The van der Waals surface area contributed by atoms with E-state index in [-0.39, 0.29) is 11.9 Å². The van der Waals surface area contributed by atoms with Crippen molar-refractivity contribution in [3.05, 3.63) is 70.5 Å². The van der Waals surface area contributed by atoms with Gasteiger partial charge in [-0.05, 0) is 62.9 Å². The van der Waals surface area contributed by atoms with Crippen LogP contribution < -0.4 is 5.32 Å². The van der Waals surface area contributed by atoms with Crippen molar-refractivity contribution >= 4 is 34.6 Å². The van der Waals surface area contributed by atoms with Crippen LogP contribution in [0.3, 0.4) is 0 Å². The van der Waals surface area contributed by atoms with Crippen molar-refractivity contribution in [2.75, 3.05) is 18.4 Å². The van der Waals surface area contributed by atoms with Crippen molar-refractivity contribution in [2.24, 2.45) is 5.92 Å². The van der Waals surface area contributed by atoms with Gasteiger partial charge in [0.25, 0.3) is 11.9 Å². The van der Waals surface area contributed by atoms with Crippen molar-refractivity contribution in [3.8, 4) is 11.4 Å². The largest absolute Gasteiger partial charge is 0.424 e. The number of halogens is 1. The summed E-state index contributed by atoms with van der Waals surface area (Å²) in [6.07, 6.45) is 3.75. The lowest BCUT2D eigenvalue weighted by Crippen LogP contribution is -2.51. The van der Waals surface area contributed by atoms with E-state index >= 15 is 0 Å². The highest BCUT2D eigenvalue weighted by Crippen LogP contribution is 2.30. The third-order valence-corrected chi connectivity index (χ3v) is 6.86. The fourth-order valence-electron chi connectivity index (χ4n) is 4.74. The Kier molecular flexibility index (Phi) is 6.43. The summed E-state index contributed by atoms with van der Waals surface area (Å²) in [6.45, 7) is 7.35. The molecular formula is C27H28ClN5O2. The van der Waals surface area contributed by atoms with E-state index in [0.717, 1.165) is 29.7 Å². The molecule has 1 aliphatic rings. The van der Waals surface area contributed by atoms with Crippen LogP contribution in [0.4, 0.5) is 6.01 Å². The first-order chi connectivity index (χ1) is 16.9. The topological polar surface area (TPSA) is 84.2 Å². The van der Waals surface area contributed by atoms with Crippen molar-refractivity contribution in [3.63, 3.8) is 0 Å². The first-order valence-corrected chi connectivity index (χ1v) is 12.3. The number of rotatable bonds is 5. The normalized spacial score (nSPS) is 18.1. The van der Waals surface area contributed by atoms with Crippen LogP contribution in [-0.2, 0) is 0 Å². The van der Waals surface area contributed by atoms with Gasteiger partial charge in [0, 0.05) is 35.6 Å². The minimum absolute atomic E-state index is 0.00324. The first-order valence-electron chi connectivity index (χ1n) is 11.9. The number of nitrogens with one attached hydrogen (secondary N) is 1. The average molecular weight is 490 g/mol. The number of oxazole rings is 1. The summed E-state index contributed by atoms with van der Waals surface area (Å²) in [7, 11) is 0. The molecule has 1 saturated heterocycles. The number of amides is 1. The molecule has 1 fully saturated rings. The van der Waals surface area contributed by atoms with Crippen LogP contribution in [0, 0.1) is 19.8 Å².